The largest absolute Gasteiger partial charge is 0.467 e. The fraction of sp³-hybridized carbons (Fsp3) is 0.280. The van der Waals surface area contributed by atoms with Crippen molar-refractivity contribution < 1.29 is 18.0 Å². The van der Waals surface area contributed by atoms with E-state index in [9.17, 15) is 4.79 Å². The predicted molar refractivity (Wildman–Crippen MR) is 128 cm³/mol. The van der Waals surface area contributed by atoms with Gasteiger partial charge in [0.25, 0.3) is 11.8 Å². The molecule has 1 unspecified atom stereocenters. The Labute approximate surface area is 207 Å². The van der Waals surface area contributed by atoms with E-state index >= 15 is 0 Å². The maximum Gasteiger partial charge on any atom is 0.283 e. The van der Waals surface area contributed by atoms with E-state index < -0.39 is 0 Å². The number of amides is 1. The molecule has 0 spiro atoms. The van der Waals surface area contributed by atoms with Crippen molar-refractivity contribution in [2.24, 2.45) is 5.10 Å². The van der Waals surface area contributed by atoms with Crippen LogP contribution in [0.25, 0.3) is 11.7 Å². The van der Waals surface area contributed by atoms with Crippen LogP contribution < -0.4 is 0 Å². The lowest BCUT2D eigenvalue weighted by Gasteiger charge is -2.24. The maximum absolute atomic E-state index is 13.5. The molecule has 1 amide bonds. The van der Waals surface area contributed by atoms with Gasteiger partial charge in [0.15, 0.2) is 5.76 Å². The van der Waals surface area contributed by atoms with Crippen molar-refractivity contribution in [2.45, 2.75) is 32.4 Å². The molecule has 35 heavy (non-hydrogen) atoms. The highest BCUT2D eigenvalue weighted by molar-refractivity contribution is 6.30. The second kappa shape index (κ2) is 10.3. The molecular weight excluding hydrogens is 470 g/mol. The summed E-state index contributed by atoms with van der Waals surface area (Å²) in [5.74, 6) is 1.77. The Balaban J connectivity index is 1.34. The lowest BCUT2D eigenvalue weighted by atomic mass is 10.0. The maximum atomic E-state index is 13.5. The van der Waals surface area contributed by atoms with Gasteiger partial charge < -0.3 is 13.3 Å². The van der Waals surface area contributed by atoms with E-state index in [1.165, 1.54) is 5.01 Å². The third kappa shape index (κ3) is 5.21. The average molecular weight is 494 g/mol. The van der Waals surface area contributed by atoms with Gasteiger partial charge in [-0.1, -0.05) is 30.7 Å². The number of hydrogen-bond acceptors (Lipinski definition) is 8. The summed E-state index contributed by atoms with van der Waals surface area (Å²) in [6, 6.07) is 14.3. The van der Waals surface area contributed by atoms with Crippen molar-refractivity contribution in [3.05, 3.63) is 83.3 Å². The molecule has 1 aliphatic rings. The molecule has 1 atom stereocenters. The Bertz CT molecular complexity index is 1280. The Morgan fingerprint density at radius 1 is 1.11 bits per heavy atom. The Morgan fingerprint density at radius 2 is 1.91 bits per heavy atom. The molecule has 0 saturated carbocycles. The number of benzene rings is 1. The molecule has 1 aliphatic heterocycles. The van der Waals surface area contributed by atoms with E-state index in [0.29, 0.717) is 47.8 Å². The summed E-state index contributed by atoms with van der Waals surface area (Å²) in [5, 5.41) is 15.0. The number of carbonyl (C=O) groups excluding carboxylic acids is 1. The summed E-state index contributed by atoms with van der Waals surface area (Å²) < 4.78 is 16.7. The number of carbonyl (C=O) groups is 1. The third-order valence-electron chi connectivity index (χ3n) is 5.67. The van der Waals surface area contributed by atoms with Crippen molar-refractivity contribution in [3.63, 3.8) is 0 Å². The minimum absolute atomic E-state index is 0.140. The summed E-state index contributed by atoms with van der Waals surface area (Å²) in [6.07, 6.45) is 4.55. The number of halogens is 1. The van der Waals surface area contributed by atoms with Crippen molar-refractivity contribution in [1.82, 2.24) is 20.1 Å². The van der Waals surface area contributed by atoms with E-state index in [0.717, 1.165) is 17.7 Å². The molecule has 180 valence electrons. The summed E-state index contributed by atoms with van der Waals surface area (Å²) in [6.45, 7) is 3.20. The third-order valence-corrected chi connectivity index (χ3v) is 5.92. The zero-order valence-corrected chi connectivity index (χ0v) is 19.9. The molecule has 0 fully saturated rings. The SMILES string of the molecule is CCCN(CC(=O)N1N=C(c2ccc(Cl)cc2)CC1c1ccco1)Cc1nnc(-c2ccco2)o1. The molecule has 3 aromatic heterocycles. The second-order valence-electron chi connectivity index (χ2n) is 8.22. The van der Waals surface area contributed by atoms with Crippen LogP contribution in [-0.4, -0.2) is 44.8 Å². The van der Waals surface area contributed by atoms with Gasteiger partial charge in [-0.25, -0.2) is 5.01 Å². The Kier molecular flexibility index (Phi) is 6.78. The monoisotopic (exact) mass is 493 g/mol. The van der Waals surface area contributed by atoms with Crippen LogP contribution in [0.5, 0.6) is 0 Å². The number of hydrazone groups is 1. The summed E-state index contributed by atoms with van der Waals surface area (Å²) in [4.78, 5) is 15.5. The minimum atomic E-state index is -0.319. The van der Waals surface area contributed by atoms with Gasteiger partial charge >= 0.3 is 0 Å². The van der Waals surface area contributed by atoms with Gasteiger partial charge in [-0.2, -0.15) is 5.10 Å². The van der Waals surface area contributed by atoms with Gasteiger partial charge in [0.2, 0.25) is 5.89 Å². The second-order valence-corrected chi connectivity index (χ2v) is 8.65. The number of rotatable bonds is 9. The average Bonchev–Trinajstić information content (AvgIpc) is 3.66. The van der Waals surface area contributed by atoms with Crippen LogP contribution >= 0.6 is 11.6 Å². The van der Waals surface area contributed by atoms with Crippen molar-refractivity contribution in [3.8, 4) is 11.7 Å². The van der Waals surface area contributed by atoms with E-state index in [-0.39, 0.29) is 18.5 Å². The fourth-order valence-corrected chi connectivity index (χ4v) is 4.19. The van der Waals surface area contributed by atoms with Gasteiger partial charge in [-0.3, -0.25) is 9.69 Å². The Morgan fingerprint density at radius 3 is 2.63 bits per heavy atom. The first kappa shape index (κ1) is 23.1. The molecule has 4 heterocycles. The number of aromatic nitrogens is 2. The van der Waals surface area contributed by atoms with E-state index in [4.69, 9.17) is 30.0 Å². The van der Waals surface area contributed by atoms with Crippen LogP contribution in [0.3, 0.4) is 0 Å². The quantitative estimate of drug-likeness (QED) is 0.317. The first-order valence-electron chi connectivity index (χ1n) is 11.4. The normalized spacial score (nSPS) is 15.7. The van der Waals surface area contributed by atoms with Gasteiger partial charge in [0, 0.05) is 11.4 Å². The smallest absolute Gasteiger partial charge is 0.283 e. The van der Waals surface area contributed by atoms with Crippen molar-refractivity contribution >= 4 is 23.2 Å². The van der Waals surface area contributed by atoms with Crippen LogP contribution in [0.1, 0.15) is 43.0 Å². The fourth-order valence-electron chi connectivity index (χ4n) is 4.06. The van der Waals surface area contributed by atoms with Gasteiger partial charge in [0.05, 0.1) is 31.3 Å². The molecule has 0 aliphatic carbocycles. The highest BCUT2D eigenvalue weighted by atomic mass is 35.5. The van der Waals surface area contributed by atoms with Crippen LogP contribution in [0.15, 0.2) is 79.4 Å². The highest BCUT2D eigenvalue weighted by Crippen LogP contribution is 2.33. The molecule has 0 radical (unpaired) electrons. The van der Waals surface area contributed by atoms with E-state index in [1.54, 1.807) is 24.7 Å². The standard InChI is InChI=1S/C25H24ClN5O4/c1-2-11-30(15-23-27-28-25(35-23)22-6-4-13-34-22)16-24(32)31-20(21-5-3-12-33-21)14-19(29-31)17-7-9-18(26)10-8-17/h3-10,12-13,20H,2,11,14-16H2,1H3. The molecule has 0 N–H and O–H groups in total. The minimum Gasteiger partial charge on any atom is -0.467 e. The van der Waals surface area contributed by atoms with Crippen LogP contribution in [0.2, 0.25) is 5.02 Å². The molecule has 5 rings (SSSR count). The molecular formula is C25H24ClN5O4. The van der Waals surface area contributed by atoms with Crippen molar-refractivity contribution in [2.75, 3.05) is 13.1 Å². The molecule has 1 aromatic carbocycles. The molecule has 10 heteroatoms. The predicted octanol–water partition coefficient (Wildman–Crippen LogP) is 5.17. The number of hydrogen-bond donors (Lipinski definition) is 0. The Hall–Kier alpha value is -3.69. The van der Waals surface area contributed by atoms with Gasteiger partial charge in [-0.15, -0.1) is 10.2 Å². The first-order valence-corrected chi connectivity index (χ1v) is 11.8. The lowest BCUT2D eigenvalue weighted by Crippen LogP contribution is -2.38. The van der Waals surface area contributed by atoms with Crippen LogP contribution in [-0.2, 0) is 11.3 Å². The number of nitrogens with zero attached hydrogens (tertiary/aromatic N) is 5. The zero-order valence-electron chi connectivity index (χ0n) is 19.1. The molecule has 9 nitrogen and oxygen atoms in total. The summed E-state index contributed by atoms with van der Waals surface area (Å²) in [7, 11) is 0. The first-order chi connectivity index (χ1) is 17.1. The number of furan rings is 2. The van der Waals surface area contributed by atoms with E-state index in [1.807, 2.05) is 41.3 Å². The zero-order chi connectivity index (χ0) is 24.2. The molecule has 0 saturated heterocycles. The van der Waals surface area contributed by atoms with E-state index in [2.05, 4.69) is 17.1 Å². The summed E-state index contributed by atoms with van der Waals surface area (Å²) >= 11 is 6.04. The lowest BCUT2D eigenvalue weighted by molar-refractivity contribution is -0.134. The molecule has 0 bridgehead atoms. The topological polar surface area (TPSA) is 101 Å². The van der Waals surface area contributed by atoms with Gasteiger partial charge in [-0.05, 0) is 54.9 Å². The summed E-state index contributed by atoms with van der Waals surface area (Å²) in [5.41, 5.74) is 1.72. The highest BCUT2D eigenvalue weighted by Gasteiger charge is 2.35. The van der Waals surface area contributed by atoms with Crippen LogP contribution in [0.4, 0.5) is 0 Å². The molecule has 4 aromatic rings. The van der Waals surface area contributed by atoms with Gasteiger partial charge in [0.1, 0.15) is 11.8 Å². The van der Waals surface area contributed by atoms with Crippen LogP contribution in [0, 0.1) is 0 Å². The van der Waals surface area contributed by atoms with Crippen molar-refractivity contribution in [1.29, 1.82) is 0 Å².